The second-order valence-corrected chi connectivity index (χ2v) is 8.52. The highest BCUT2D eigenvalue weighted by atomic mass is 32.2. The van der Waals surface area contributed by atoms with Crippen LogP contribution in [0.1, 0.15) is 37.7 Å². The van der Waals surface area contributed by atoms with Gasteiger partial charge < -0.3 is 4.74 Å². The van der Waals surface area contributed by atoms with Gasteiger partial charge in [0.05, 0.1) is 18.1 Å². The number of nitrogens with zero attached hydrogens (tertiary/aromatic N) is 2. The number of ether oxygens (including phenoxy) is 1. The first-order valence-corrected chi connectivity index (χ1v) is 10.5. The van der Waals surface area contributed by atoms with Crippen molar-refractivity contribution in [1.29, 1.82) is 0 Å². The molecule has 1 aliphatic heterocycles. The fourth-order valence-corrected chi connectivity index (χ4v) is 4.52. The van der Waals surface area contributed by atoms with Gasteiger partial charge >= 0.3 is 0 Å². The van der Waals surface area contributed by atoms with E-state index < -0.39 is 10.0 Å². The molecule has 1 aromatic carbocycles. The van der Waals surface area contributed by atoms with Crippen molar-refractivity contribution in [3.63, 3.8) is 0 Å². The van der Waals surface area contributed by atoms with Crippen LogP contribution >= 0.6 is 0 Å². The molecule has 0 bridgehead atoms. The van der Waals surface area contributed by atoms with E-state index in [4.69, 9.17) is 4.74 Å². The van der Waals surface area contributed by atoms with Crippen LogP contribution in [-0.2, 0) is 26.0 Å². The van der Waals surface area contributed by atoms with Crippen molar-refractivity contribution in [1.82, 2.24) is 9.73 Å². The van der Waals surface area contributed by atoms with E-state index in [-0.39, 0.29) is 10.8 Å². The van der Waals surface area contributed by atoms with E-state index in [1.165, 1.54) is 4.31 Å². The highest BCUT2D eigenvalue weighted by Crippen LogP contribution is 2.18. The number of sulfonamides is 1. The molecular formula is C18H25N3O4S. The maximum Gasteiger partial charge on any atom is 0.243 e. The standard InChI is InChI=1S/C18H25N3O4S/c22-18(20-19-16-3-1-2-4-16)10-7-15-5-8-17(9-6-15)26(23,24)21-11-13-25-14-12-21/h5-6,8-9H,1-4,7,10-14H2,(H,20,22). The molecule has 3 rings (SSSR count). The Labute approximate surface area is 154 Å². The topological polar surface area (TPSA) is 88.1 Å². The summed E-state index contributed by atoms with van der Waals surface area (Å²) >= 11 is 0. The number of carbonyl (C=O) groups is 1. The zero-order chi connectivity index (χ0) is 18.4. The Morgan fingerprint density at radius 3 is 2.42 bits per heavy atom. The van der Waals surface area contributed by atoms with Gasteiger partial charge in [0.15, 0.2) is 0 Å². The van der Waals surface area contributed by atoms with Crippen LogP contribution in [0.4, 0.5) is 0 Å². The van der Waals surface area contributed by atoms with Crippen molar-refractivity contribution in [2.24, 2.45) is 5.10 Å². The molecule has 8 heteroatoms. The molecule has 1 amide bonds. The average Bonchev–Trinajstić information content (AvgIpc) is 3.19. The van der Waals surface area contributed by atoms with Crippen molar-refractivity contribution < 1.29 is 17.9 Å². The summed E-state index contributed by atoms with van der Waals surface area (Å²) in [5, 5.41) is 4.16. The Balaban J connectivity index is 1.52. The van der Waals surface area contributed by atoms with E-state index in [1.807, 2.05) is 0 Å². The molecule has 1 saturated heterocycles. The first-order chi connectivity index (χ1) is 12.6. The molecule has 26 heavy (non-hydrogen) atoms. The van der Waals surface area contributed by atoms with Gasteiger partial charge in [-0.1, -0.05) is 12.1 Å². The molecule has 142 valence electrons. The number of rotatable bonds is 6. The van der Waals surface area contributed by atoms with Crippen LogP contribution in [0, 0.1) is 0 Å². The van der Waals surface area contributed by atoms with Gasteiger partial charge in [0.1, 0.15) is 0 Å². The van der Waals surface area contributed by atoms with Gasteiger partial charge in [0, 0.05) is 25.2 Å². The molecule has 7 nitrogen and oxygen atoms in total. The highest BCUT2D eigenvalue weighted by molar-refractivity contribution is 7.89. The van der Waals surface area contributed by atoms with Gasteiger partial charge in [0.2, 0.25) is 15.9 Å². The number of aryl methyl sites for hydroxylation is 1. The van der Waals surface area contributed by atoms with Crippen LogP contribution in [-0.4, -0.2) is 50.6 Å². The summed E-state index contributed by atoms with van der Waals surface area (Å²) in [7, 11) is -3.47. The first-order valence-electron chi connectivity index (χ1n) is 9.07. The number of hydrogen-bond donors (Lipinski definition) is 1. The monoisotopic (exact) mass is 379 g/mol. The quantitative estimate of drug-likeness (QED) is 0.762. The van der Waals surface area contributed by atoms with Gasteiger partial charge in [-0.25, -0.2) is 13.8 Å². The fraction of sp³-hybridized carbons (Fsp3) is 0.556. The summed E-state index contributed by atoms with van der Waals surface area (Å²) in [5.74, 6) is -0.116. The van der Waals surface area contributed by atoms with Crippen LogP contribution < -0.4 is 5.43 Å². The van der Waals surface area contributed by atoms with Crippen LogP contribution in [0.15, 0.2) is 34.3 Å². The minimum Gasteiger partial charge on any atom is -0.379 e. The van der Waals surface area contributed by atoms with E-state index in [0.717, 1.165) is 37.0 Å². The van der Waals surface area contributed by atoms with Gasteiger partial charge in [-0.2, -0.15) is 9.41 Å². The molecule has 2 fully saturated rings. The van der Waals surface area contributed by atoms with Crippen molar-refractivity contribution in [3.8, 4) is 0 Å². The molecule has 1 aromatic rings. The van der Waals surface area contributed by atoms with Gasteiger partial charge in [0.25, 0.3) is 0 Å². The Morgan fingerprint density at radius 1 is 1.12 bits per heavy atom. The second kappa shape index (κ2) is 8.75. The Morgan fingerprint density at radius 2 is 1.77 bits per heavy atom. The van der Waals surface area contributed by atoms with Crippen LogP contribution in [0.3, 0.4) is 0 Å². The van der Waals surface area contributed by atoms with Crippen molar-refractivity contribution >= 4 is 21.6 Å². The Kier molecular flexibility index (Phi) is 6.39. The molecule has 1 saturated carbocycles. The van der Waals surface area contributed by atoms with E-state index >= 15 is 0 Å². The normalized spacial score (nSPS) is 18.7. The largest absolute Gasteiger partial charge is 0.379 e. The maximum atomic E-state index is 12.6. The molecule has 1 heterocycles. The molecule has 2 aliphatic rings. The lowest BCUT2D eigenvalue weighted by Crippen LogP contribution is -2.40. The number of hydrogen-bond acceptors (Lipinski definition) is 5. The molecule has 0 aromatic heterocycles. The molecule has 1 aliphatic carbocycles. The number of benzene rings is 1. The maximum absolute atomic E-state index is 12.6. The zero-order valence-electron chi connectivity index (χ0n) is 14.8. The zero-order valence-corrected chi connectivity index (χ0v) is 15.6. The minimum atomic E-state index is -3.47. The predicted molar refractivity (Wildman–Crippen MR) is 98.4 cm³/mol. The van der Waals surface area contributed by atoms with E-state index in [0.29, 0.717) is 39.1 Å². The van der Waals surface area contributed by atoms with Crippen molar-refractivity contribution in [2.45, 2.75) is 43.4 Å². The second-order valence-electron chi connectivity index (χ2n) is 6.58. The molecule has 1 N–H and O–H groups in total. The smallest absolute Gasteiger partial charge is 0.243 e. The molecule has 0 radical (unpaired) electrons. The summed E-state index contributed by atoms with van der Waals surface area (Å²) in [6, 6.07) is 6.75. The molecular weight excluding hydrogens is 354 g/mol. The average molecular weight is 379 g/mol. The van der Waals surface area contributed by atoms with E-state index in [9.17, 15) is 13.2 Å². The lowest BCUT2D eigenvalue weighted by Gasteiger charge is -2.26. The third kappa shape index (κ3) is 4.90. The Bertz CT molecular complexity index is 745. The summed E-state index contributed by atoms with van der Waals surface area (Å²) in [5.41, 5.74) is 4.60. The van der Waals surface area contributed by atoms with Crippen molar-refractivity contribution in [3.05, 3.63) is 29.8 Å². The Hall–Kier alpha value is -1.77. The van der Waals surface area contributed by atoms with Gasteiger partial charge in [-0.15, -0.1) is 0 Å². The number of hydrazone groups is 1. The SMILES string of the molecule is O=C(CCc1ccc(S(=O)(=O)N2CCOCC2)cc1)NN=C1CCCC1. The number of carbonyl (C=O) groups excluding carboxylic acids is 1. The first kappa shape index (κ1) is 19.0. The van der Waals surface area contributed by atoms with Gasteiger partial charge in [-0.3, -0.25) is 4.79 Å². The summed E-state index contributed by atoms with van der Waals surface area (Å²) in [6.45, 7) is 1.62. The summed E-state index contributed by atoms with van der Waals surface area (Å²) in [4.78, 5) is 12.2. The molecule has 0 spiro atoms. The van der Waals surface area contributed by atoms with E-state index in [1.54, 1.807) is 24.3 Å². The number of morpholine rings is 1. The van der Waals surface area contributed by atoms with Crippen LogP contribution in [0.2, 0.25) is 0 Å². The minimum absolute atomic E-state index is 0.116. The summed E-state index contributed by atoms with van der Waals surface area (Å²) in [6.07, 6.45) is 5.11. The van der Waals surface area contributed by atoms with E-state index in [2.05, 4.69) is 10.5 Å². The summed E-state index contributed by atoms with van der Waals surface area (Å²) < 4.78 is 31.8. The third-order valence-electron chi connectivity index (χ3n) is 4.69. The number of nitrogens with one attached hydrogen (secondary N) is 1. The lowest BCUT2D eigenvalue weighted by molar-refractivity contribution is -0.121. The lowest BCUT2D eigenvalue weighted by atomic mass is 10.1. The van der Waals surface area contributed by atoms with Crippen molar-refractivity contribution in [2.75, 3.05) is 26.3 Å². The van der Waals surface area contributed by atoms with Crippen LogP contribution in [0.5, 0.6) is 0 Å². The highest BCUT2D eigenvalue weighted by Gasteiger charge is 2.26. The number of amides is 1. The molecule has 0 atom stereocenters. The molecule has 0 unspecified atom stereocenters. The third-order valence-corrected chi connectivity index (χ3v) is 6.60. The fourth-order valence-electron chi connectivity index (χ4n) is 3.11. The van der Waals surface area contributed by atoms with Crippen LogP contribution in [0.25, 0.3) is 0 Å². The predicted octanol–water partition coefficient (Wildman–Crippen LogP) is 1.69. The van der Waals surface area contributed by atoms with Gasteiger partial charge in [-0.05, 0) is 49.8 Å².